The van der Waals surface area contributed by atoms with Gasteiger partial charge in [0.05, 0.1) is 11.4 Å². The van der Waals surface area contributed by atoms with E-state index in [1.807, 2.05) is 13.8 Å². The molecule has 0 aliphatic heterocycles. The van der Waals surface area contributed by atoms with Crippen LogP contribution in [0.2, 0.25) is 5.02 Å². The maximum Gasteiger partial charge on any atom is 0.226 e. The number of hydrogen-bond acceptors (Lipinski definition) is 4. The van der Waals surface area contributed by atoms with Crippen LogP contribution in [-0.4, -0.2) is 43.9 Å². The smallest absolute Gasteiger partial charge is 0.226 e. The van der Waals surface area contributed by atoms with Crippen LogP contribution in [0.25, 0.3) is 0 Å². The van der Waals surface area contributed by atoms with Crippen molar-refractivity contribution in [1.29, 1.82) is 0 Å². The van der Waals surface area contributed by atoms with Crippen molar-refractivity contribution in [3.8, 4) is 11.5 Å². The largest absolute Gasteiger partial charge is 0.453 e. The van der Waals surface area contributed by atoms with Gasteiger partial charge in [0.15, 0.2) is 11.6 Å². The fraction of sp³-hybridized carbons (Fsp3) is 0.391. The minimum Gasteiger partial charge on any atom is -0.453 e. The van der Waals surface area contributed by atoms with Crippen molar-refractivity contribution in [2.75, 3.05) is 20.6 Å². The van der Waals surface area contributed by atoms with Gasteiger partial charge in [-0.3, -0.25) is 9.59 Å². The lowest BCUT2D eigenvalue weighted by Gasteiger charge is -2.24. The summed E-state index contributed by atoms with van der Waals surface area (Å²) < 4.78 is 21.1. The average Bonchev–Trinajstić information content (AvgIpc) is 2.75. The molecule has 0 saturated heterocycles. The third-order valence-electron chi connectivity index (χ3n) is 4.85. The molecular formula is C23H30Cl2FN3O3. The molecular weight excluding hydrogens is 456 g/mol. The predicted octanol–water partition coefficient (Wildman–Crippen LogP) is 4.50. The normalized spacial score (nSPS) is 12.3. The molecule has 176 valence electrons. The van der Waals surface area contributed by atoms with Gasteiger partial charge in [-0.1, -0.05) is 36.7 Å². The zero-order valence-corrected chi connectivity index (χ0v) is 20.2. The number of likely N-dealkylation sites (N-methyl/N-ethyl adjacent to an activating group) is 1. The first kappa shape index (κ1) is 27.7. The number of ether oxygens (including phenoxy) is 1. The Bertz CT molecular complexity index is 895. The molecule has 2 aromatic rings. The summed E-state index contributed by atoms with van der Waals surface area (Å²) in [4.78, 5) is 23.9. The van der Waals surface area contributed by atoms with E-state index in [9.17, 15) is 9.59 Å². The predicted molar refractivity (Wildman–Crippen MR) is 127 cm³/mol. The molecule has 9 heteroatoms. The molecule has 0 fully saturated rings. The van der Waals surface area contributed by atoms with Gasteiger partial charge in [0, 0.05) is 38.3 Å². The van der Waals surface area contributed by atoms with E-state index in [-0.39, 0.29) is 47.6 Å². The first-order valence-electron chi connectivity index (χ1n) is 10.1. The van der Waals surface area contributed by atoms with Gasteiger partial charge < -0.3 is 20.3 Å². The summed E-state index contributed by atoms with van der Waals surface area (Å²) in [6, 6.07) is 9.83. The average molecular weight is 486 g/mol. The lowest BCUT2D eigenvalue weighted by Crippen LogP contribution is -2.38. The Balaban J connectivity index is 0.00000512. The minimum atomic E-state index is -0.533. The van der Waals surface area contributed by atoms with E-state index < -0.39 is 5.82 Å². The molecule has 0 aliphatic carbocycles. The zero-order valence-electron chi connectivity index (χ0n) is 18.7. The summed E-state index contributed by atoms with van der Waals surface area (Å²) in [6.07, 6.45) is 1.55. The third kappa shape index (κ3) is 7.65. The minimum absolute atomic E-state index is 0. The molecule has 2 rings (SSSR count). The second-order valence-electron chi connectivity index (χ2n) is 7.55. The number of nitrogens with one attached hydrogen (secondary N) is 2. The van der Waals surface area contributed by atoms with Gasteiger partial charge in [0.1, 0.15) is 5.75 Å². The molecule has 2 amide bonds. The van der Waals surface area contributed by atoms with Crippen molar-refractivity contribution in [1.82, 2.24) is 15.5 Å². The van der Waals surface area contributed by atoms with Gasteiger partial charge >= 0.3 is 0 Å². The third-order valence-corrected chi connectivity index (χ3v) is 5.15. The Morgan fingerprint density at radius 1 is 1.22 bits per heavy atom. The second-order valence-corrected chi connectivity index (χ2v) is 7.95. The summed E-state index contributed by atoms with van der Waals surface area (Å²) in [5.41, 5.74) is 1.27. The summed E-state index contributed by atoms with van der Waals surface area (Å²) in [5.74, 6) is -0.167. The monoisotopic (exact) mass is 485 g/mol. The van der Waals surface area contributed by atoms with Crippen LogP contribution in [-0.2, 0) is 16.0 Å². The number of benzene rings is 2. The second kappa shape index (κ2) is 13.3. The van der Waals surface area contributed by atoms with Crippen LogP contribution in [0.5, 0.6) is 11.5 Å². The highest BCUT2D eigenvalue weighted by Gasteiger charge is 2.22. The van der Waals surface area contributed by atoms with Crippen molar-refractivity contribution < 1.29 is 18.7 Å². The van der Waals surface area contributed by atoms with Crippen molar-refractivity contribution >= 4 is 36.3 Å². The van der Waals surface area contributed by atoms with Gasteiger partial charge in [-0.2, -0.15) is 0 Å². The highest BCUT2D eigenvalue weighted by molar-refractivity contribution is 6.32. The molecule has 0 aromatic heterocycles. The van der Waals surface area contributed by atoms with E-state index in [0.717, 1.165) is 5.56 Å². The Morgan fingerprint density at radius 3 is 2.44 bits per heavy atom. The van der Waals surface area contributed by atoms with Crippen LogP contribution in [0.1, 0.15) is 37.4 Å². The molecule has 2 atom stereocenters. The van der Waals surface area contributed by atoms with E-state index >= 15 is 4.39 Å². The molecule has 6 nitrogen and oxygen atoms in total. The molecule has 0 heterocycles. The van der Waals surface area contributed by atoms with Gasteiger partial charge in [0.25, 0.3) is 0 Å². The number of nitrogens with zero attached hydrogens (tertiary/aromatic N) is 1. The molecule has 0 aliphatic rings. The molecule has 32 heavy (non-hydrogen) atoms. The zero-order chi connectivity index (χ0) is 23.0. The van der Waals surface area contributed by atoms with Crippen molar-refractivity contribution in [3.05, 3.63) is 58.4 Å². The molecule has 0 bridgehead atoms. The van der Waals surface area contributed by atoms with Gasteiger partial charge in [0.2, 0.25) is 12.3 Å². The number of rotatable bonds is 11. The SMILES string of the molecule is CC[C@@H](N[C@H](C)CNC=O)c1ccc(Cl)c(Oc2ccc(CC(=O)N(C)C)cc2)c1F.Cl. The Kier molecular flexibility index (Phi) is 11.5. The molecule has 2 aromatic carbocycles. The maximum atomic E-state index is 15.3. The molecule has 0 spiro atoms. The summed E-state index contributed by atoms with van der Waals surface area (Å²) in [6.45, 7) is 4.29. The Hall–Kier alpha value is -2.35. The highest BCUT2D eigenvalue weighted by atomic mass is 35.5. The summed E-state index contributed by atoms with van der Waals surface area (Å²) in [7, 11) is 3.41. The van der Waals surface area contributed by atoms with Crippen LogP contribution in [0.3, 0.4) is 0 Å². The lowest BCUT2D eigenvalue weighted by molar-refractivity contribution is -0.127. The highest BCUT2D eigenvalue weighted by Crippen LogP contribution is 2.36. The summed E-state index contributed by atoms with van der Waals surface area (Å²) in [5, 5.41) is 6.09. The molecule has 0 saturated carbocycles. The van der Waals surface area contributed by atoms with Crippen LogP contribution >= 0.6 is 24.0 Å². The Labute approximate surface area is 199 Å². The molecule has 2 N–H and O–H groups in total. The first-order valence-corrected chi connectivity index (χ1v) is 10.5. The maximum absolute atomic E-state index is 15.3. The first-order chi connectivity index (χ1) is 14.8. The van der Waals surface area contributed by atoms with Gasteiger partial charge in [-0.25, -0.2) is 4.39 Å². The van der Waals surface area contributed by atoms with Crippen LogP contribution in [0, 0.1) is 5.82 Å². The van der Waals surface area contributed by atoms with E-state index in [1.54, 1.807) is 50.5 Å². The Morgan fingerprint density at radius 2 is 1.88 bits per heavy atom. The number of carbonyl (C=O) groups excluding carboxylic acids is 2. The van der Waals surface area contributed by atoms with Crippen LogP contribution < -0.4 is 15.4 Å². The standard InChI is InChI=1S/C23H29ClFN3O3.ClH/c1-5-20(27-15(2)13-26-14-29)18-10-11-19(24)23(22(18)25)31-17-8-6-16(7-9-17)12-21(30)28(3)4;/h6-11,14-15,20,27H,5,12-13H2,1-4H3,(H,26,29);1H/t15-,20-;/m1./s1. The number of carbonyl (C=O) groups is 2. The van der Waals surface area contributed by atoms with Crippen molar-refractivity contribution in [3.63, 3.8) is 0 Å². The van der Waals surface area contributed by atoms with Crippen molar-refractivity contribution in [2.45, 2.75) is 38.8 Å². The fourth-order valence-electron chi connectivity index (χ4n) is 3.09. The molecule has 0 unspecified atom stereocenters. The summed E-state index contributed by atoms with van der Waals surface area (Å²) >= 11 is 6.22. The van der Waals surface area contributed by atoms with Crippen molar-refractivity contribution in [2.24, 2.45) is 0 Å². The topological polar surface area (TPSA) is 70.7 Å². The van der Waals surface area contributed by atoms with E-state index in [0.29, 0.717) is 30.7 Å². The van der Waals surface area contributed by atoms with Crippen LogP contribution in [0.4, 0.5) is 4.39 Å². The van der Waals surface area contributed by atoms with E-state index in [1.165, 1.54) is 4.90 Å². The van der Waals surface area contributed by atoms with E-state index in [2.05, 4.69) is 10.6 Å². The number of halogens is 3. The fourth-order valence-corrected chi connectivity index (χ4v) is 3.28. The lowest BCUT2D eigenvalue weighted by atomic mass is 10.0. The van der Waals surface area contributed by atoms with Gasteiger partial charge in [-0.05, 0) is 37.1 Å². The number of hydrogen-bond donors (Lipinski definition) is 2. The number of amides is 2. The van der Waals surface area contributed by atoms with Crippen LogP contribution in [0.15, 0.2) is 36.4 Å². The van der Waals surface area contributed by atoms with Gasteiger partial charge in [-0.15, -0.1) is 12.4 Å². The molecule has 0 radical (unpaired) electrons. The van der Waals surface area contributed by atoms with E-state index in [4.69, 9.17) is 16.3 Å². The quantitative estimate of drug-likeness (QED) is 0.459.